The second-order valence-corrected chi connectivity index (χ2v) is 3.80. The van der Waals surface area contributed by atoms with Crippen LogP contribution in [0.25, 0.3) is 17.2 Å². The Morgan fingerprint density at radius 2 is 1.32 bits per heavy atom. The van der Waals surface area contributed by atoms with Crippen molar-refractivity contribution in [1.29, 1.82) is 0 Å². The molecule has 0 bridgehead atoms. The van der Waals surface area contributed by atoms with Crippen LogP contribution >= 0.6 is 0 Å². The average Bonchev–Trinajstić information content (AvgIpc) is 2.88. The monoisotopic (exact) mass is 302 g/mol. The number of para-hydroxylation sites is 2. The van der Waals surface area contributed by atoms with Gasteiger partial charge in [-0.2, -0.15) is 0 Å². The van der Waals surface area contributed by atoms with Gasteiger partial charge in [0.15, 0.2) is 11.2 Å². The fourth-order valence-corrected chi connectivity index (χ4v) is 1.41. The molecule has 0 unspecified atom stereocenters. The van der Waals surface area contributed by atoms with E-state index in [0.29, 0.717) is 11.2 Å². The van der Waals surface area contributed by atoms with E-state index in [1.54, 1.807) is 24.3 Å². The van der Waals surface area contributed by atoms with Crippen LogP contribution in [-0.2, 0) is 0 Å². The quantitative estimate of drug-likeness (QED) is 0.706. The van der Waals surface area contributed by atoms with Gasteiger partial charge in [-0.15, -0.1) is 0 Å². The van der Waals surface area contributed by atoms with Crippen molar-refractivity contribution in [3.63, 3.8) is 0 Å². The first-order chi connectivity index (χ1) is 10.5. The van der Waals surface area contributed by atoms with Gasteiger partial charge in [-0.05, 0) is 17.7 Å². The van der Waals surface area contributed by atoms with E-state index in [9.17, 15) is 4.79 Å². The van der Waals surface area contributed by atoms with Crippen molar-refractivity contribution in [2.45, 2.75) is 0 Å². The summed E-state index contributed by atoms with van der Waals surface area (Å²) >= 11 is 0. The molecule has 0 saturated carbocycles. The lowest BCUT2D eigenvalue weighted by Gasteiger charge is -1.85. The van der Waals surface area contributed by atoms with E-state index < -0.39 is 12.0 Å². The zero-order valence-electron chi connectivity index (χ0n) is 11.5. The summed E-state index contributed by atoms with van der Waals surface area (Å²) in [6.45, 7) is 3.63. The van der Waals surface area contributed by atoms with Gasteiger partial charge in [-0.3, -0.25) is 0 Å². The Kier molecular flexibility index (Phi) is 6.71. The smallest absolute Gasteiger partial charge is 0.450 e. The molecule has 0 amide bonds. The summed E-state index contributed by atoms with van der Waals surface area (Å²) in [7, 11) is 0. The van der Waals surface area contributed by atoms with E-state index in [-0.39, 0.29) is 0 Å². The van der Waals surface area contributed by atoms with Gasteiger partial charge < -0.3 is 19.0 Å². The van der Waals surface area contributed by atoms with Crippen molar-refractivity contribution < 1.29 is 23.8 Å². The number of hydrogen-bond donors (Lipinski definition) is 2. The van der Waals surface area contributed by atoms with Crippen molar-refractivity contribution >= 4 is 23.4 Å². The molecule has 114 valence electrons. The molecular formula is C16H14O6. The van der Waals surface area contributed by atoms with Crippen LogP contribution in [0.5, 0.6) is 0 Å². The second-order valence-electron chi connectivity index (χ2n) is 3.80. The molecule has 0 aliphatic rings. The van der Waals surface area contributed by atoms with Gasteiger partial charge in [0.05, 0.1) is 0 Å². The molecule has 0 aliphatic carbocycles. The van der Waals surface area contributed by atoms with Crippen LogP contribution < -0.4 is 5.82 Å². The van der Waals surface area contributed by atoms with Crippen molar-refractivity contribution in [2.24, 2.45) is 0 Å². The molecule has 0 aliphatic heterocycles. The van der Waals surface area contributed by atoms with Gasteiger partial charge in [0.25, 0.3) is 0 Å². The first-order valence-corrected chi connectivity index (χ1v) is 6.11. The van der Waals surface area contributed by atoms with E-state index >= 15 is 0 Å². The summed E-state index contributed by atoms with van der Waals surface area (Å²) in [4.78, 5) is 19.0. The minimum atomic E-state index is -1.83. The summed E-state index contributed by atoms with van der Waals surface area (Å²) in [6.07, 6.45) is 0. The molecule has 0 spiro atoms. The maximum atomic E-state index is 10.5. The largest absolute Gasteiger partial charge is 0.519 e. The van der Waals surface area contributed by atoms with Gasteiger partial charge in [-0.1, -0.05) is 55.1 Å². The third-order valence-corrected chi connectivity index (χ3v) is 2.27. The van der Waals surface area contributed by atoms with E-state index in [1.165, 1.54) is 5.56 Å². The van der Waals surface area contributed by atoms with E-state index in [1.807, 2.05) is 36.4 Å². The van der Waals surface area contributed by atoms with Crippen molar-refractivity contribution in [1.82, 2.24) is 0 Å². The van der Waals surface area contributed by atoms with E-state index in [0.717, 1.165) is 0 Å². The SMILES string of the molecule is C=Cc1ccccc1.O=C(O)O.O=c1oc2ccccc2o1. The molecule has 2 aromatic carbocycles. The Morgan fingerprint density at radius 1 is 0.909 bits per heavy atom. The first-order valence-electron chi connectivity index (χ1n) is 6.11. The highest BCUT2D eigenvalue weighted by molar-refractivity contribution is 5.68. The first kappa shape index (κ1) is 16.8. The Morgan fingerprint density at radius 3 is 1.68 bits per heavy atom. The lowest BCUT2D eigenvalue weighted by Crippen LogP contribution is -1.84. The minimum absolute atomic E-state index is 0.493. The normalized spacial score (nSPS) is 8.91. The highest BCUT2D eigenvalue weighted by atomic mass is 16.6. The summed E-state index contributed by atoms with van der Waals surface area (Å²) in [5.41, 5.74) is 2.16. The van der Waals surface area contributed by atoms with Crippen LogP contribution in [0.4, 0.5) is 4.79 Å². The van der Waals surface area contributed by atoms with Crippen LogP contribution in [0.3, 0.4) is 0 Å². The highest BCUT2D eigenvalue weighted by Gasteiger charge is 1.98. The third-order valence-electron chi connectivity index (χ3n) is 2.27. The molecule has 2 N–H and O–H groups in total. The Hall–Kier alpha value is -3.28. The molecule has 0 radical (unpaired) electrons. The molecular weight excluding hydrogens is 288 g/mol. The van der Waals surface area contributed by atoms with Crippen LogP contribution in [-0.4, -0.2) is 16.4 Å². The molecule has 22 heavy (non-hydrogen) atoms. The molecule has 6 heteroatoms. The van der Waals surface area contributed by atoms with E-state index in [2.05, 4.69) is 15.4 Å². The third kappa shape index (κ3) is 6.25. The molecule has 1 aromatic heterocycles. The van der Waals surface area contributed by atoms with Crippen LogP contribution in [0, 0.1) is 0 Å². The van der Waals surface area contributed by atoms with Gasteiger partial charge in [0, 0.05) is 0 Å². The minimum Gasteiger partial charge on any atom is -0.450 e. The number of carboxylic acid groups (broad SMARTS) is 2. The molecule has 0 atom stereocenters. The predicted octanol–water partition coefficient (Wildman–Crippen LogP) is 3.94. The zero-order chi connectivity index (χ0) is 16.4. The van der Waals surface area contributed by atoms with Crippen molar-refractivity contribution in [3.05, 3.63) is 77.4 Å². The molecule has 3 rings (SSSR count). The molecule has 0 saturated heterocycles. The average molecular weight is 302 g/mol. The summed E-state index contributed by atoms with van der Waals surface area (Å²) in [5, 5.41) is 13.9. The lowest BCUT2D eigenvalue weighted by molar-refractivity contribution is 0.137. The summed E-state index contributed by atoms with van der Waals surface area (Å²) in [6, 6.07) is 16.9. The molecule has 3 aromatic rings. The van der Waals surface area contributed by atoms with Crippen molar-refractivity contribution in [3.8, 4) is 0 Å². The zero-order valence-corrected chi connectivity index (χ0v) is 11.5. The second kappa shape index (κ2) is 8.80. The Bertz CT molecular complexity index is 730. The summed E-state index contributed by atoms with van der Waals surface area (Å²) < 4.78 is 9.29. The lowest BCUT2D eigenvalue weighted by atomic mass is 10.2. The van der Waals surface area contributed by atoms with Gasteiger partial charge in [0.2, 0.25) is 0 Å². The Labute approximate surface area is 125 Å². The maximum Gasteiger partial charge on any atom is 0.519 e. The van der Waals surface area contributed by atoms with E-state index in [4.69, 9.17) is 15.0 Å². The van der Waals surface area contributed by atoms with Gasteiger partial charge >= 0.3 is 12.0 Å². The fourth-order valence-electron chi connectivity index (χ4n) is 1.41. The molecule has 6 nitrogen and oxygen atoms in total. The number of carbonyl (C=O) groups is 1. The number of rotatable bonds is 1. The number of fused-ring (bicyclic) bond motifs is 1. The standard InChI is InChI=1S/C8H8.C7H4O3.CH2O3/c1-2-8-6-4-3-5-7-8;8-7-9-5-3-1-2-4-6(5)10-7;2-1(3)4/h2-7H,1H2;1-4H;(H2,2,3,4). The molecule has 1 heterocycles. The number of benzene rings is 2. The van der Waals surface area contributed by atoms with Crippen LogP contribution in [0.15, 0.2) is 74.8 Å². The molecule has 0 fully saturated rings. The van der Waals surface area contributed by atoms with Crippen LogP contribution in [0.1, 0.15) is 5.56 Å². The highest BCUT2D eigenvalue weighted by Crippen LogP contribution is 2.09. The topological polar surface area (TPSA) is 101 Å². The maximum absolute atomic E-state index is 10.5. The fraction of sp³-hybridized carbons (Fsp3) is 0. The van der Waals surface area contributed by atoms with Gasteiger partial charge in [-0.25, -0.2) is 9.59 Å². The predicted molar refractivity (Wildman–Crippen MR) is 81.9 cm³/mol. The Balaban J connectivity index is 0.000000182. The number of hydrogen-bond acceptors (Lipinski definition) is 4. The van der Waals surface area contributed by atoms with Gasteiger partial charge in [0.1, 0.15) is 0 Å². The van der Waals surface area contributed by atoms with Crippen LogP contribution in [0.2, 0.25) is 0 Å². The summed E-state index contributed by atoms with van der Waals surface area (Å²) in [5.74, 6) is -0.652. The van der Waals surface area contributed by atoms with Crippen molar-refractivity contribution in [2.75, 3.05) is 0 Å².